The van der Waals surface area contributed by atoms with E-state index in [2.05, 4.69) is 20.1 Å². The van der Waals surface area contributed by atoms with Gasteiger partial charge in [-0.3, -0.25) is 14.4 Å². The lowest BCUT2D eigenvalue weighted by Crippen LogP contribution is -2.57. The minimum absolute atomic E-state index is 0.0203. The molecule has 0 radical (unpaired) electrons. The molecule has 1 aromatic rings. The average molecular weight is 568 g/mol. The van der Waals surface area contributed by atoms with Gasteiger partial charge in [0.25, 0.3) is 0 Å². The number of fused-ring (bicyclic) bond motifs is 1. The first-order valence-corrected chi connectivity index (χ1v) is 15.7. The molecule has 3 aliphatic rings. The third kappa shape index (κ3) is 5.49. The van der Waals surface area contributed by atoms with Gasteiger partial charge in [-0.2, -0.15) is 0 Å². The Labute approximate surface area is 243 Å². The topological polar surface area (TPSA) is 81.2 Å². The van der Waals surface area contributed by atoms with Crippen LogP contribution in [-0.2, 0) is 20.9 Å². The first-order chi connectivity index (χ1) is 19.3. The van der Waals surface area contributed by atoms with Crippen LogP contribution in [0.3, 0.4) is 0 Å². The van der Waals surface area contributed by atoms with Crippen LogP contribution in [0.1, 0.15) is 51.5 Å². The molecule has 1 aromatic carbocycles. The highest BCUT2D eigenvalue weighted by Gasteiger charge is 2.76. The highest BCUT2D eigenvalue weighted by Crippen LogP contribution is 2.69. The van der Waals surface area contributed by atoms with Crippen LogP contribution in [0.4, 0.5) is 0 Å². The molecule has 0 aromatic heterocycles. The number of likely N-dealkylation sites (tertiary alicyclic amines) is 1. The van der Waals surface area contributed by atoms with E-state index in [9.17, 15) is 19.5 Å². The van der Waals surface area contributed by atoms with Gasteiger partial charge in [0, 0.05) is 44.6 Å². The summed E-state index contributed by atoms with van der Waals surface area (Å²) in [5, 5.41) is 9.33. The molecule has 2 bridgehead atoms. The van der Waals surface area contributed by atoms with Crippen molar-refractivity contribution in [2.45, 2.75) is 68.5 Å². The standard InChI is InChI=1S/C32H45N3O4S/c1-5-16-33(17-6-2)29(37)26-25-21-23(4)32(40-25)27(26)30(38)35(19-12-9-13-20-36)28(32)31(39)34(18-7-3)22-24-14-10-8-11-15-24/h5,7-8,10-11,14-15,23,25-28,36H,1,3,6,9,12-13,16-22H2,2,4H3/t23?,25-,26+,27-,28?,32?/m0/s1. The molecule has 3 fully saturated rings. The maximum Gasteiger partial charge on any atom is 0.247 e. The fourth-order valence-electron chi connectivity index (χ4n) is 7.19. The Morgan fingerprint density at radius 2 is 1.80 bits per heavy atom. The summed E-state index contributed by atoms with van der Waals surface area (Å²) < 4.78 is -0.641. The third-order valence-corrected chi connectivity index (χ3v) is 10.9. The summed E-state index contributed by atoms with van der Waals surface area (Å²) in [7, 11) is 0. The Hall–Kier alpha value is -2.58. The number of thioether (sulfide) groups is 1. The van der Waals surface area contributed by atoms with Crippen molar-refractivity contribution in [2.75, 3.05) is 32.8 Å². The van der Waals surface area contributed by atoms with E-state index in [1.807, 2.05) is 47.1 Å². The summed E-state index contributed by atoms with van der Waals surface area (Å²) >= 11 is 1.73. The second-order valence-electron chi connectivity index (χ2n) is 11.4. The van der Waals surface area contributed by atoms with Gasteiger partial charge < -0.3 is 19.8 Å². The highest BCUT2D eigenvalue weighted by molar-refractivity contribution is 8.02. The Kier molecular flexibility index (Phi) is 10.2. The molecule has 6 atom stereocenters. The minimum Gasteiger partial charge on any atom is -0.396 e. The zero-order valence-electron chi connectivity index (χ0n) is 24.0. The number of nitrogens with zero attached hydrogens (tertiary/aromatic N) is 3. The van der Waals surface area contributed by atoms with Crippen molar-refractivity contribution in [1.29, 1.82) is 0 Å². The van der Waals surface area contributed by atoms with E-state index in [0.717, 1.165) is 24.8 Å². The second kappa shape index (κ2) is 13.4. The number of carbonyl (C=O) groups excluding carboxylic acids is 3. The van der Waals surface area contributed by atoms with Crippen LogP contribution in [0.25, 0.3) is 0 Å². The zero-order valence-corrected chi connectivity index (χ0v) is 24.9. The maximum absolute atomic E-state index is 14.6. The minimum atomic E-state index is -0.641. The monoisotopic (exact) mass is 567 g/mol. The van der Waals surface area contributed by atoms with Crippen LogP contribution < -0.4 is 0 Å². The summed E-state index contributed by atoms with van der Waals surface area (Å²) in [4.78, 5) is 48.4. The Balaban J connectivity index is 1.73. The van der Waals surface area contributed by atoms with Gasteiger partial charge in [0.1, 0.15) is 6.04 Å². The highest BCUT2D eigenvalue weighted by atomic mass is 32.2. The Morgan fingerprint density at radius 1 is 1.10 bits per heavy atom. The molecule has 4 rings (SSSR count). The van der Waals surface area contributed by atoms with Crippen molar-refractivity contribution >= 4 is 29.5 Å². The summed E-state index contributed by atoms with van der Waals surface area (Å²) in [6, 6.07) is 9.26. The van der Waals surface area contributed by atoms with Crippen molar-refractivity contribution in [3.63, 3.8) is 0 Å². The number of aliphatic hydroxyl groups excluding tert-OH is 1. The first-order valence-electron chi connectivity index (χ1n) is 14.8. The van der Waals surface area contributed by atoms with Crippen molar-refractivity contribution in [1.82, 2.24) is 14.7 Å². The van der Waals surface area contributed by atoms with Crippen LogP contribution in [0.15, 0.2) is 55.6 Å². The lowest BCUT2D eigenvalue weighted by molar-refractivity contribution is -0.145. The molecule has 3 aliphatic heterocycles. The molecule has 1 spiro atoms. The van der Waals surface area contributed by atoms with Gasteiger partial charge in [0.2, 0.25) is 17.7 Å². The lowest BCUT2D eigenvalue weighted by atomic mass is 9.65. The summed E-state index contributed by atoms with van der Waals surface area (Å²) in [6.07, 6.45) is 7.28. The Bertz CT molecular complexity index is 1080. The molecular formula is C32H45N3O4S. The molecule has 40 heavy (non-hydrogen) atoms. The van der Waals surface area contributed by atoms with E-state index in [1.54, 1.807) is 28.8 Å². The lowest BCUT2D eigenvalue weighted by Gasteiger charge is -2.41. The fraction of sp³-hybridized carbons (Fsp3) is 0.594. The number of unbranched alkanes of at least 4 members (excludes halogenated alkanes) is 2. The fourth-order valence-corrected chi connectivity index (χ4v) is 9.59. The van der Waals surface area contributed by atoms with Crippen molar-refractivity contribution < 1.29 is 19.5 Å². The van der Waals surface area contributed by atoms with Gasteiger partial charge in [-0.1, -0.05) is 56.3 Å². The van der Waals surface area contributed by atoms with Crippen LogP contribution in [-0.4, -0.2) is 86.4 Å². The number of aliphatic hydroxyl groups is 1. The molecule has 3 amide bonds. The molecular weight excluding hydrogens is 522 g/mol. The van der Waals surface area contributed by atoms with Gasteiger partial charge in [0.15, 0.2) is 0 Å². The van der Waals surface area contributed by atoms with Crippen molar-refractivity contribution in [2.24, 2.45) is 17.8 Å². The normalized spacial score (nSPS) is 28.4. The van der Waals surface area contributed by atoms with Crippen LogP contribution in [0, 0.1) is 17.8 Å². The quantitative estimate of drug-likeness (QED) is 0.255. The summed E-state index contributed by atoms with van der Waals surface area (Å²) in [5.41, 5.74) is 1.02. The molecule has 8 heteroatoms. The van der Waals surface area contributed by atoms with Crippen LogP contribution >= 0.6 is 11.8 Å². The molecule has 7 nitrogen and oxygen atoms in total. The maximum atomic E-state index is 14.6. The molecule has 0 aliphatic carbocycles. The second-order valence-corrected chi connectivity index (χ2v) is 13.0. The van der Waals surface area contributed by atoms with Gasteiger partial charge in [-0.05, 0) is 43.6 Å². The van der Waals surface area contributed by atoms with Crippen LogP contribution in [0.2, 0.25) is 0 Å². The first kappa shape index (κ1) is 30.4. The average Bonchev–Trinajstić information content (AvgIpc) is 3.54. The molecule has 0 saturated carbocycles. The van der Waals surface area contributed by atoms with Gasteiger partial charge in [0.05, 0.1) is 16.6 Å². The van der Waals surface area contributed by atoms with E-state index in [4.69, 9.17) is 0 Å². The van der Waals surface area contributed by atoms with E-state index in [1.165, 1.54) is 0 Å². The Morgan fingerprint density at radius 3 is 2.45 bits per heavy atom. The molecule has 3 unspecified atom stereocenters. The predicted molar refractivity (Wildman–Crippen MR) is 160 cm³/mol. The van der Waals surface area contributed by atoms with Gasteiger partial charge in [-0.25, -0.2) is 0 Å². The van der Waals surface area contributed by atoms with E-state index < -0.39 is 22.6 Å². The third-order valence-electron chi connectivity index (χ3n) is 8.85. The number of benzene rings is 1. The molecule has 1 N–H and O–H groups in total. The number of amides is 3. The van der Waals surface area contributed by atoms with Gasteiger partial charge >= 0.3 is 0 Å². The number of rotatable bonds is 15. The van der Waals surface area contributed by atoms with E-state index in [0.29, 0.717) is 45.6 Å². The largest absolute Gasteiger partial charge is 0.396 e. The molecule has 218 valence electrons. The zero-order chi connectivity index (χ0) is 28.9. The number of carbonyl (C=O) groups is 3. The number of hydrogen-bond acceptors (Lipinski definition) is 5. The molecule has 3 saturated heterocycles. The van der Waals surface area contributed by atoms with Crippen molar-refractivity contribution in [3.05, 3.63) is 61.2 Å². The summed E-state index contributed by atoms with van der Waals surface area (Å²) in [6.45, 7) is 14.4. The summed E-state index contributed by atoms with van der Waals surface area (Å²) in [5.74, 6) is -0.927. The smallest absolute Gasteiger partial charge is 0.247 e. The predicted octanol–water partition coefficient (Wildman–Crippen LogP) is 4.13. The van der Waals surface area contributed by atoms with E-state index >= 15 is 0 Å². The van der Waals surface area contributed by atoms with Crippen molar-refractivity contribution in [3.8, 4) is 0 Å². The van der Waals surface area contributed by atoms with E-state index in [-0.39, 0.29) is 35.5 Å². The molecule has 3 heterocycles. The van der Waals surface area contributed by atoms with Crippen LogP contribution in [0.5, 0.6) is 0 Å². The van der Waals surface area contributed by atoms with Gasteiger partial charge in [-0.15, -0.1) is 24.9 Å². The SMILES string of the molecule is C=CCN(Cc1ccccc1)C(=O)C1N(CCCCCO)C(=O)[C@@H]2[C@H](C(=O)N(CC=C)CCC)[C@@H]3CC(C)C12S3. The number of hydrogen-bond donors (Lipinski definition) is 1.